The fraction of sp³-hybridized carbons (Fsp3) is 0.615. The van der Waals surface area contributed by atoms with E-state index in [4.69, 9.17) is 4.74 Å². The Morgan fingerprint density at radius 3 is 2.39 bits per heavy atom. The average molecular weight is 253 g/mol. The molecule has 0 aromatic rings. The zero-order valence-electron chi connectivity index (χ0n) is 11.4. The zero-order chi connectivity index (χ0) is 13.9. The third-order valence-electron chi connectivity index (χ3n) is 3.25. The summed E-state index contributed by atoms with van der Waals surface area (Å²) in [7, 11) is 1.40. The number of carbonyl (C=O) groups excluding carboxylic acids is 2. The molecule has 5 nitrogen and oxygen atoms in total. The van der Waals surface area contributed by atoms with Gasteiger partial charge in [-0.05, 0) is 23.8 Å². The molecule has 18 heavy (non-hydrogen) atoms. The van der Waals surface area contributed by atoms with Gasteiger partial charge >= 0.3 is 11.9 Å². The molecule has 1 rings (SSSR count). The topological polar surface area (TPSA) is 65.0 Å². The van der Waals surface area contributed by atoms with E-state index >= 15 is 0 Å². The van der Waals surface area contributed by atoms with E-state index in [0.717, 1.165) is 5.57 Å². The minimum Gasteiger partial charge on any atom is -0.469 e. The van der Waals surface area contributed by atoms with Gasteiger partial charge in [-0.1, -0.05) is 25.1 Å². The molecular weight excluding hydrogens is 234 g/mol. The maximum atomic E-state index is 11.5. The standard InChI is InChI=1S/C13H19NO4/c1-8(7-14-18-9(2)15)6-10-11(12(16)17-5)13(10,3)4/h6-7,10-11H,1-5H3. The van der Waals surface area contributed by atoms with E-state index in [9.17, 15) is 9.59 Å². The van der Waals surface area contributed by atoms with Crippen LogP contribution < -0.4 is 0 Å². The number of ether oxygens (including phenoxy) is 1. The monoisotopic (exact) mass is 253 g/mol. The number of hydrogen-bond acceptors (Lipinski definition) is 5. The van der Waals surface area contributed by atoms with Gasteiger partial charge in [0.25, 0.3) is 0 Å². The lowest BCUT2D eigenvalue weighted by Crippen LogP contribution is -2.07. The predicted octanol–water partition coefficient (Wildman–Crippen LogP) is 1.93. The molecule has 0 amide bonds. The van der Waals surface area contributed by atoms with Crippen molar-refractivity contribution < 1.29 is 19.2 Å². The van der Waals surface area contributed by atoms with Gasteiger partial charge in [0.1, 0.15) is 0 Å². The molecule has 1 aliphatic carbocycles. The molecule has 1 fully saturated rings. The number of nitrogens with zero attached hydrogens (tertiary/aromatic N) is 1. The van der Waals surface area contributed by atoms with E-state index in [2.05, 4.69) is 9.99 Å². The molecular formula is C13H19NO4. The highest BCUT2D eigenvalue weighted by atomic mass is 16.7. The van der Waals surface area contributed by atoms with Crippen LogP contribution in [0.25, 0.3) is 0 Å². The van der Waals surface area contributed by atoms with Gasteiger partial charge in [-0.3, -0.25) is 4.79 Å². The summed E-state index contributed by atoms with van der Waals surface area (Å²) >= 11 is 0. The van der Waals surface area contributed by atoms with Crippen LogP contribution in [0.2, 0.25) is 0 Å². The maximum Gasteiger partial charge on any atom is 0.331 e. The smallest absolute Gasteiger partial charge is 0.331 e. The fourth-order valence-corrected chi connectivity index (χ4v) is 2.08. The average Bonchev–Trinajstić information content (AvgIpc) is 2.78. The van der Waals surface area contributed by atoms with Crippen molar-refractivity contribution in [1.29, 1.82) is 0 Å². The highest BCUT2D eigenvalue weighted by molar-refractivity contribution is 5.81. The van der Waals surface area contributed by atoms with E-state index < -0.39 is 5.97 Å². The number of carbonyl (C=O) groups is 2. The molecule has 0 aromatic heterocycles. The maximum absolute atomic E-state index is 11.5. The van der Waals surface area contributed by atoms with Crippen LogP contribution in [0, 0.1) is 17.3 Å². The number of esters is 1. The van der Waals surface area contributed by atoms with E-state index in [1.54, 1.807) is 0 Å². The van der Waals surface area contributed by atoms with Crippen LogP contribution in [-0.2, 0) is 19.2 Å². The first-order chi connectivity index (χ1) is 8.30. The van der Waals surface area contributed by atoms with Gasteiger partial charge in [0.15, 0.2) is 0 Å². The number of hydrogen-bond donors (Lipinski definition) is 0. The first-order valence-electron chi connectivity index (χ1n) is 5.78. The summed E-state index contributed by atoms with van der Waals surface area (Å²) in [5.74, 6) is -0.627. The molecule has 0 aromatic carbocycles. The Bertz CT molecular complexity index is 409. The van der Waals surface area contributed by atoms with Crippen molar-refractivity contribution in [3.05, 3.63) is 11.6 Å². The Balaban J connectivity index is 2.64. The van der Waals surface area contributed by atoms with Crippen LogP contribution in [0.3, 0.4) is 0 Å². The molecule has 0 aliphatic heterocycles. The second-order valence-electron chi connectivity index (χ2n) is 5.08. The van der Waals surface area contributed by atoms with Gasteiger partial charge in [-0.25, -0.2) is 4.79 Å². The second-order valence-corrected chi connectivity index (χ2v) is 5.08. The third kappa shape index (κ3) is 3.18. The minimum absolute atomic E-state index is 0.0936. The molecule has 2 atom stereocenters. The summed E-state index contributed by atoms with van der Waals surface area (Å²) in [4.78, 5) is 26.5. The molecule has 0 heterocycles. The number of allylic oxidation sites excluding steroid dienone is 2. The lowest BCUT2D eigenvalue weighted by molar-refractivity contribution is -0.143. The molecule has 0 spiro atoms. The molecule has 1 aliphatic rings. The van der Waals surface area contributed by atoms with Crippen LogP contribution in [0.4, 0.5) is 0 Å². The normalized spacial score (nSPS) is 25.9. The van der Waals surface area contributed by atoms with E-state index in [0.29, 0.717) is 0 Å². The Labute approximate surface area is 107 Å². The van der Waals surface area contributed by atoms with Gasteiger partial charge < -0.3 is 9.57 Å². The van der Waals surface area contributed by atoms with Gasteiger partial charge in [-0.15, -0.1) is 0 Å². The highest BCUT2D eigenvalue weighted by Gasteiger charge is 2.61. The molecule has 5 heteroatoms. The molecule has 0 N–H and O–H groups in total. The summed E-state index contributed by atoms with van der Waals surface area (Å²) in [5, 5.41) is 3.53. The predicted molar refractivity (Wildman–Crippen MR) is 66.8 cm³/mol. The first-order valence-corrected chi connectivity index (χ1v) is 5.78. The fourth-order valence-electron chi connectivity index (χ4n) is 2.08. The van der Waals surface area contributed by atoms with Crippen molar-refractivity contribution in [2.45, 2.75) is 27.7 Å². The summed E-state index contributed by atoms with van der Waals surface area (Å²) in [5.41, 5.74) is 0.754. The summed E-state index contributed by atoms with van der Waals surface area (Å²) in [6, 6.07) is 0. The van der Waals surface area contributed by atoms with Crippen LogP contribution in [0.15, 0.2) is 16.8 Å². The van der Waals surface area contributed by atoms with Crippen LogP contribution in [0.1, 0.15) is 27.7 Å². The zero-order valence-corrected chi connectivity index (χ0v) is 11.4. The Hall–Kier alpha value is -1.65. The van der Waals surface area contributed by atoms with Crippen molar-refractivity contribution in [1.82, 2.24) is 0 Å². The molecule has 0 radical (unpaired) electrons. The SMILES string of the molecule is COC(=O)C1C(C=C(C)C=NOC(C)=O)C1(C)C. The summed E-state index contributed by atoms with van der Waals surface area (Å²) in [6.45, 7) is 7.17. The van der Waals surface area contributed by atoms with Crippen LogP contribution >= 0.6 is 0 Å². The van der Waals surface area contributed by atoms with E-state index in [1.807, 2.05) is 26.8 Å². The molecule has 1 saturated carbocycles. The first kappa shape index (κ1) is 14.4. The molecule has 100 valence electrons. The number of rotatable bonds is 4. The molecule has 0 bridgehead atoms. The van der Waals surface area contributed by atoms with E-state index in [-0.39, 0.29) is 23.2 Å². The summed E-state index contributed by atoms with van der Waals surface area (Å²) in [6.07, 6.45) is 3.42. The van der Waals surface area contributed by atoms with Crippen molar-refractivity contribution in [3.63, 3.8) is 0 Å². The van der Waals surface area contributed by atoms with Crippen molar-refractivity contribution in [2.75, 3.05) is 7.11 Å². The van der Waals surface area contributed by atoms with Gasteiger partial charge in [-0.2, -0.15) is 0 Å². The van der Waals surface area contributed by atoms with Crippen molar-refractivity contribution in [2.24, 2.45) is 22.4 Å². The quantitative estimate of drug-likeness (QED) is 0.332. The Morgan fingerprint density at radius 2 is 1.89 bits per heavy atom. The lowest BCUT2D eigenvalue weighted by Gasteiger charge is -1.99. The van der Waals surface area contributed by atoms with Gasteiger partial charge in [0.05, 0.1) is 19.2 Å². The van der Waals surface area contributed by atoms with E-state index in [1.165, 1.54) is 20.2 Å². The lowest BCUT2D eigenvalue weighted by atomic mass is 10.1. The van der Waals surface area contributed by atoms with Crippen molar-refractivity contribution >= 4 is 18.2 Å². The number of oxime groups is 1. The Morgan fingerprint density at radius 1 is 1.28 bits per heavy atom. The minimum atomic E-state index is -0.460. The Kier molecular flexibility index (Phi) is 4.27. The van der Waals surface area contributed by atoms with Crippen LogP contribution in [-0.4, -0.2) is 25.3 Å². The summed E-state index contributed by atoms with van der Waals surface area (Å²) < 4.78 is 4.76. The number of methoxy groups -OCH3 is 1. The molecule has 2 unspecified atom stereocenters. The largest absolute Gasteiger partial charge is 0.469 e. The second kappa shape index (κ2) is 5.33. The molecule has 0 saturated heterocycles. The van der Waals surface area contributed by atoms with Gasteiger partial charge in [0, 0.05) is 6.92 Å². The van der Waals surface area contributed by atoms with Crippen molar-refractivity contribution in [3.8, 4) is 0 Å². The van der Waals surface area contributed by atoms with Gasteiger partial charge in [0.2, 0.25) is 0 Å². The van der Waals surface area contributed by atoms with Crippen LogP contribution in [0.5, 0.6) is 0 Å². The third-order valence-corrected chi connectivity index (χ3v) is 3.25. The highest BCUT2D eigenvalue weighted by Crippen LogP contribution is 2.59.